The molecule has 26 heavy (non-hydrogen) atoms. The van der Waals surface area contributed by atoms with Crippen molar-refractivity contribution in [1.29, 1.82) is 0 Å². The molecule has 2 aromatic carbocycles. The molecule has 0 spiro atoms. The predicted molar refractivity (Wildman–Crippen MR) is 90.2 cm³/mol. The quantitative estimate of drug-likeness (QED) is 0.680. The third kappa shape index (κ3) is 3.72. The molecular weight excluding hydrogens is 420 g/mol. The summed E-state index contributed by atoms with van der Waals surface area (Å²) in [6, 6.07) is 6.90. The zero-order chi connectivity index (χ0) is 19.1. The number of nitrogens with one attached hydrogen (secondary N) is 2. The van der Waals surface area contributed by atoms with E-state index < -0.39 is 35.3 Å². The number of carbonyl (C=O) groups is 2. The number of carbonyl (C=O) groups excluding carboxylic acids is 2. The molecule has 0 fully saturated rings. The van der Waals surface area contributed by atoms with Gasteiger partial charge in [-0.3, -0.25) is 9.59 Å². The van der Waals surface area contributed by atoms with Crippen LogP contribution in [0.2, 0.25) is 0 Å². The van der Waals surface area contributed by atoms with E-state index in [-0.39, 0.29) is 22.3 Å². The minimum absolute atomic E-state index is 0.0554. The Hall–Kier alpha value is -2.42. The van der Waals surface area contributed by atoms with Crippen LogP contribution in [0, 0.1) is 5.82 Å². The summed E-state index contributed by atoms with van der Waals surface area (Å²) >= 11 is 2.82. The van der Waals surface area contributed by atoms with Crippen molar-refractivity contribution in [3.8, 4) is 0 Å². The Morgan fingerprint density at radius 1 is 1.19 bits per heavy atom. The van der Waals surface area contributed by atoms with Gasteiger partial charge in [0.15, 0.2) is 0 Å². The number of fused-ring (bicyclic) bond motifs is 1. The monoisotopic (exact) mass is 430 g/mol. The molecule has 2 N–H and O–H groups in total. The number of rotatable bonds is 2. The van der Waals surface area contributed by atoms with Crippen LogP contribution in [-0.2, 0) is 15.8 Å². The van der Waals surface area contributed by atoms with Crippen molar-refractivity contribution in [3.05, 3.63) is 57.8 Å². The van der Waals surface area contributed by atoms with E-state index in [1.807, 2.05) is 0 Å². The number of alkyl halides is 3. The molecule has 136 valence electrons. The van der Waals surface area contributed by atoms with E-state index in [0.717, 1.165) is 18.2 Å². The molecule has 0 unspecified atom stereocenters. The summed E-state index contributed by atoms with van der Waals surface area (Å²) in [4.78, 5) is 24.3. The predicted octanol–water partition coefficient (Wildman–Crippen LogP) is 4.67. The first kappa shape index (κ1) is 18.4. The molecule has 1 aliphatic heterocycles. The average Bonchev–Trinajstić information content (AvgIpc) is 2.54. The van der Waals surface area contributed by atoms with Crippen molar-refractivity contribution in [1.82, 2.24) is 0 Å². The van der Waals surface area contributed by atoms with E-state index in [4.69, 9.17) is 0 Å². The largest absolute Gasteiger partial charge is 0.417 e. The summed E-state index contributed by atoms with van der Waals surface area (Å²) < 4.78 is 52.1. The number of halogens is 5. The van der Waals surface area contributed by atoms with Gasteiger partial charge in [-0.1, -0.05) is 22.0 Å². The summed E-state index contributed by atoms with van der Waals surface area (Å²) in [6.07, 6.45) is -4.78. The fourth-order valence-corrected chi connectivity index (χ4v) is 3.19. The van der Waals surface area contributed by atoms with Gasteiger partial charge in [-0.2, -0.15) is 13.2 Å². The van der Waals surface area contributed by atoms with Crippen LogP contribution in [0.25, 0.3) is 0 Å². The van der Waals surface area contributed by atoms with Crippen molar-refractivity contribution in [2.45, 2.75) is 18.5 Å². The third-order valence-corrected chi connectivity index (χ3v) is 4.60. The highest BCUT2D eigenvalue weighted by atomic mass is 79.9. The number of hydrogen-bond donors (Lipinski definition) is 2. The third-order valence-electron chi connectivity index (χ3n) is 3.91. The maximum Gasteiger partial charge on any atom is 0.417 e. The van der Waals surface area contributed by atoms with Crippen LogP contribution in [0.1, 0.15) is 23.5 Å². The SMILES string of the molecule is O=C1C[C@H](C(=O)Nc2ccc(Br)c(C(F)(F)F)c2)c2ccc(F)cc2N1. The summed E-state index contributed by atoms with van der Waals surface area (Å²) in [5.41, 5.74) is -0.413. The standard InChI is InChI=1S/C17H11BrF4N2O2/c18-13-4-2-9(6-12(13)17(20,21)22)23-16(26)11-7-15(25)24-14-5-8(19)1-3-10(11)14/h1-6,11H,7H2,(H,23,26)(H,24,25)/t11-/m0/s1. The van der Waals surface area contributed by atoms with Gasteiger partial charge in [0, 0.05) is 22.3 Å². The zero-order valence-electron chi connectivity index (χ0n) is 13.0. The van der Waals surface area contributed by atoms with Crippen LogP contribution in [-0.4, -0.2) is 11.8 Å². The van der Waals surface area contributed by atoms with E-state index in [0.29, 0.717) is 5.56 Å². The lowest BCUT2D eigenvalue weighted by Gasteiger charge is -2.25. The molecule has 1 atom stereocenters. The van der Waals surface area contributed by atoms with Crippen molar-refractivity contribution in [3.63, 3.8) is 0 Å². The van der Waals surface area contributed by atoms with Gasteiger partial charge in [-0.05, 0) is 35.9 Å². The summed E-state index contributed by atoms with van der Waals surface area (Å²) in [5, 5.41) is 4.87. The van der Waals surface area contributed by atoms with Crippen LogP contribution < -0.4 is 10.6 Å². The Kier molecular flexibility index (Phi) is 4.74. The number of benzene rings is 2. The van der Waals surface area contributed by atoms with E-state index in [1.54, 1.807) is 0 Å². The Bertz CT molecular complexity index is 899. The molecule has 2 amide bonds. The molecule has 4 nitrogen and oxygen atoms in total. The lowest BCUT2D eigenvalue weighted by Crippen LogP contribution is -2.31. The topological polar surface area (TPSA) is 58.2 Å². The molecule has 2 aromatic rings. The first-order valence-corrected chi connectivity index (χ1v) is 8.21. The Morgan fingerprint density at radius 2 is 1.92 bits per heavy atom. The molecule has 0 saturated heterocycles. The van der Waals surface area contributed by atoms with Crippen LogP contribution in [0.3, 0.4) is 0 Å². The van der Waals surface area contributed by atoms with E-state index in [1.165, 1.54) is 18.2 Å². The smallest absolute Gasteiger partial charge is 0.326 e. The highest BCUT2D eigenvalue weighted by Crippen LogP contribution is 2.37. The number of amides is 2. The lowest BCUT2D eigenvalue weighted by atomic mass is 9.89. The molecular formula is C17H11BrF4N2O2. The second-order valence-corrected chi connectivity index (χ2v) is 6.57. The lowest BCUT2D eigenvalue weighted by molar-refractivity contribution is -0.138. The van der Waals surface area contributed by atoms with Gasteiger partial charge in [0.1, 0.15) is 5.82 Å². The molecule has 1 heterocycles. The zero-order valence-corrected chi connectivity index (χ0v) is 14.5. The molecule has 0 bridgehead atoms. The molecule has 9 heteroatoms. The average molecular weight is 431 g/mol. The Balaban J connectivity index is 1.89. The summed E-state index contributed by atoms with van der Waals surface area (Å²) in [5.74, 6) is -2.64. The van der Waals surface area contributed by atoms with Gasteiger partial charge in [0.2, 0.25) is 11.8 Å². The van der Waals surface area contributed by atoms with E-state index >= 15 is 0 Å². The minimum Gasteiger partial charge on any atom is -0.326 e. The van der Waals surface area contributed by atoms with Gasteiger partial charge in [0.25, 0.3) is 0 Å². The van der Waals surface area contributed by atoms with Crippen molar-refractivity contribution < 1.29 is 27.2 Å². The van der Waals surface area contributed by atoms with Crippen molar-refractivity contribution in [2.75, 3.05) is 10.6 Å². The number of anilines is 2. The molecule has 0 aromatic heterocycles. The fourth-order valence-electron chi connectivity index (χ4n) is 2.72. The first-order chi connectivity index (χ1) is 12.1. The second kappa shape index (κ2) is 6.71. The van der Waals surface area contributed by atoms with Gasteiger partial charge in [0.05, 0.1) is 11.5 Å². The van der Waals surface area contributed by atoms with E-state index in [2.05, 4.69) is 26.6 Å². The molecule has 0 saturated carbocycles. The molecule has 0 radical (unpaired) electrons. The van der Waals surface area contributed by atoms with E-state index in [9.17, 15) is 27.2 Å². The van der Waals surface area contributed by atoms with Gasteiger partial charge in [-0.15, -0.1) is 0 Å². The van der Waals surface area contributed by atoms with Crippen LogP contribution in [0.15, 0.2) is 40.9 Å². The molecule has 1 aliphatic rings. The first-order valence-electron chi connectivity index (χ1n) is 7.42. The fraction of sp³-hybridized carbons (Fsp3) is 0.176. The van der Waals surface area contributed by atoms with Crippen molar-refractivity contribution in [2.24, 2.45) is 0 Å². The van der Waals surface area contributed by atoms with Crippen LogP contribution in [0.5, 0.6) is 0 Å². The summed E-state index contributed by atoms with van der Waals surface area (Å²) in [7, 11) is 0. The van der Waals surface area contributed by atoms with Crippen LogP contribution >= 0.6 is 15.9 Å². The van der Waals surface area contributed by atoms with Gasteiger partial charge in [-0.25, -0.2) is 4.39 Å². The maximum atomic E-state index is 13.3. The second-order valence-electron chi connectivity index (χ2n) is 5.72. The van der Waals surface area contributed by atoms with Crippen LogP contribution in [0.4, 0.5) is 28.9 Å². The minimum atomic E-state index is -4.59. The van der Waals surface area contributed by atoms with Gasteiger partial charge >= 0.3 is 6.18 Å². The molecule has 0 aliphatic carbocycles. The van der Waals surface area contributed by atoms with Crippen molar-refractivity contribution >= 4 is 39.1 Å². The Labute approximate surface area is 153 Å². The highest BCUT2D eigenvalue weighted by Gasteiger charge is 2.34. The number of hydrogen-bond acceptors (Lipinski definition) is 2. The normalized spacial score (nSPS) is 16.7. The maximum absolute atomic E-state index is 13.3. The Morgan fingerprint density at radius 3 is 2.62 bits per heavy atom. The molecule has 3 rings (SSSR count). The summed E-state index contributed by atoms with van der Waals surface area (Å²) in [6.45, 7) is 0. The highest BCUT2D eigenvalue weighted by molar-refractivity contribution is 9.10. The van der Waals surface area contributed by atoms with Gasteiger partial charge < -0.3 is 10.6 Å².